The van der Waals surface area contributed by atoms with E-state index in [1.165, 1.54) is 0 Å². The molecule has 0 radical (unpaired) electrons. The molecule has 3 N–H and O–H groups in total. The summed E-state index contributed by atoms with van der Waals surface area (Å²) in [5.74, 6) is 0.559. The van der Waals surface area contributed by atoms with Crippen LogP contribution in [-0.2, 0) is 4.74 Å². The van der Waals surface area contributed by atoms with E-state index >= 15 is 0 Å². The number of rotatable bonds is 2. The summed E-state index contributed by atoms with van der Waals surface area (Å²) in [5.41, 5.74) is 7.78. The predicted molar refractivity (Wildman–Crippen MR) is 73.6 cm³/mol. The molecular formula is C14H17N3O. The van der Waals surface area contributed by atoms with Gasteiger partial charge >= 0.3 is 0 Å². The number of anilines is 2. The average Bonchev–Trinajstić information content (AvgIpc) is 2.41. The summed E-state index contributed by atoms with van der Waals surface area (Å²) in [6.45, 7) is 1.66. The normalized spacial score (nSPS) is 16.9. The highest BCUT2D eigenvalue weighted by atomic mass is 16.5. The van der Waals surface area contributed by atoms with Gasteiger partial charge in [0.15, 0.2) is 0 Å². The Morgan fingerprint density at radius 3 is 2.83 bits per heavy atom. The van der Waals surface area contributed by atoms with Crippen molar-refractivity contribution in [1.29, 1.82) is 0 Å². The number of nitrogen functional groups attached to an aromatic ring is 1. The fraction of sp³-hybridized carbons (Fsp3) is 0.357. The van der Waals surface area contributed by atoms with Crippen LogP contribution in [-0.4, -0.2) is 24.2 Å². The standard InChI is InChI=1S/C14H17N3O/c15-13-5-4-10-2-1-3-12(14(10)17-13)16-11-6-8-18-9-7-11/h1-5,11,16H,6-9H2,(H2,15,17). The van der Waals surface area contributed by atoms with Crippen LogP contribution < -0.4 is 11.1 Å². The number of ether oxygens (including phenoxy) is 1. The molecule has 0 saturated carbocycles. The van der Waals surface area contributed by atoms with E-state index in [1.807, 2.05) is 18.2 Å². The molecule has 4 heteroatoms. The van der Waals surface area contributed by atoms with Gasteiger partial charge in [0.1, 0.15) is 5.82 Å². The third-order valence-corrected chi connectivity index (χ3v) is 3.32. The summed E-state index contributed by atoms with van der Waals surface area (Å²) in [7, 11) is 0. The quantitative estimate of drug-likeness (QED) is 0.850. The Bertz CT molecular complexity index is 550. The molecular weight excluding hydrogens is 226 g/mol. The van der Waals surface area contributed by atoms with E-state index in [-0.39, 0.29) is 0 Å². The molecule has 2 aromatic rings. The van der Waals surface area contributed by atoms with E-state index in [4.69, 9.17) is 10.5 Å². The molecule has 2 heterocycles. The summed E-state index contributed by atoms with van der Waals surface area (Å²) >= 11 is 0. The first-order valence-electron chi connectivity index (χ1n) is 6.32. The van der Waals surface area contributed by atoms with Gasteiger partial charge in [-0.15, -0.1) is 0 Å². The molecule has 3 rings (SSSR count). The minimum Gasteiger partial charge on any atom is -0.384 e. The van der Waals surface area contributed by atoms with Crippen molar-refractivity contribution in [2.75, 3.05) is 24.3 Å². The molecule has 1 fully saturated rings. The number of hydrogen-bond acceptors (Lipinski definition) is 4. The highest BCUT2D eigenvalue weighted by molar-refractivity contribution is 5.91. The zero-order valence-electron chi connectivity index (χ0n) is 10.2. The van der Waals surface area contributed by atoms with Gasteiger partial charge in [0.25, 0.3) is 0 Å². The molecule has 0 aliphatic carbocycles. The van der Waals surface area contributed by atoms with Crippen molar-refractivity contribution in [2.24, 2.45) is 0 Å². The Labute approximate surface area is 106 Å². The zero-order valence-corrected chi connectivity index (χ0v) is 10.2. The molecule has 0 spiro atoms. The maximum Gasteiger partial charge on any atom is 0.124 e. The maximum atomic E-state index is 5.77. The molecule has 0 unspecified atom stereocenters. The molecule has 94 valence electrons. The van der Waals surface area contributed by atoms with Crippen LogP contribution in [0.4, 0.5) is 11.5 Å². The van der Waals surface area contributed by atoms with Crippen molar-refractivity contribution in [1.82, 2.24) is 4.98 Å². The van der Waals surface area contributed by atoms with Gasteiger partial charge in [0.2, 0.25) is 0 Å². The smallest absolute Gasteiger partial charge is 0.124 e. The highest BCUT2D eigenvalue weighted by Crippen LogP contribution is 2.24. The minimum absolute atomic E-state index is 0.465. The van der Waals surface area contributed by atoms with Crippen LogP contribution in [0.1, 0.15) is 12.8 Å². The topological polar surface area (TPSA) is 60.2 Å². The number of pyridine rings is 1. The van der Waals surface area contributed by atoms with Crippen LogP contribution in [0, 0.1) is 0 Å². The first-order valence-corrected chi connectivity index (χ1v) is 6.32. The van der Waals surface area contributed by atoms with Crippen molar-refractivity contribution >= 4 is 22.4 Å². The lowest BCUT2D eigenvalue weighted by Crippen LogP contribution is -2.27. The second-order valence-corrected chi connectivity index (χ2v) is 4.64. The van der Waals surface area contributed by atoms with Gasteiger partial charge in [0, 0.05) is 24.6 Å². The molecule has 1 aliphatic rings. The van der Waals surface area contributed by atoms with Crippen molar-refractivity contribution in [3.8, 4) is 0 Å². The first kappa shape index (κ1) is 11.3. The molecule has 1 aromatic heterocycles. The summed E-state index contributed by atoms with van der Waals surface area (Å²) in [6, 6.07) is 10.5. The number of aromatic nitrogens is 1. The third kappa shape index (κ3) is 2.24. The molecule has 18 heavy (non-hydrogen) atoms. The Morgan fingerprint density at radius 1 is 1.17 bits per heavy atom. The van der Waals surface area contributed by atoms with Crippen molar-refractivity contribution < 1.29 is 4.74 Å². The number of nitrogens with one attached hydrogen (secondary N) is 1. The van der Waals surface area contributed by atoms with E-state index < -0.39 is 0 Å². The minimum atomic E-state index is 0.465. The van der Waals surface area contributed by atoms with Gasteiger partial charge in [-0.1, -0.05) is 12.1 Å². The van der Waals surface area contributed by atoms with Crippen molar-refractivity contribution in [2.45, 2.75) is 18.9 Å². The Kier molecular flexibility index (Phi) is 3.02. The number of para-hydroxylation sites is 1. The zero-order chi connectivity index (χ0) is 12.4. The van der Waals surface area contributed by atoms with Gasteiger partial charge in [0.05, 0.1) is 11.2 Å². The van der Waals surface area contributed by atoms with E-state index in [2.05, 4.69) is 22.4 Å². The number of nitrogens with two attached hydrogens (primary N) is 1. The number of fused-ring (bicyclic) bond motifs is 1. The van der Waals surface area contributed by atoms with E-state index in [1.54, 1.807) is 0 Å². The van der Waals surface area contributed by atoms with Crippen LogP contribution in [0.3, 0.4) is 0 Å². The fourth-order valence-corrected chi connectivity index (χ4v) is 2.34. The molecule has 0 bridgehead atoms. The first-order chi connectivity index (χ1) is 8.83. The third-order valence-electron chi connectivity index (χ3n) is 3.32. The Balaban J connectivity index is 1.92. The number of nitrogens with zero attached hydrogens (tertiary/aromatic N) is 1. The van der Waals surface area contributed by atoms with E-state index in [0.29, 0.717) is 11.9 Å². The maximum absolute atomic E-state index is 5.77. The van der Waals surface area contributed by atoms with Crippen LogP contribution in [0.25, 0.3) is 10.9 Å². The van der Waals surface area contributed by atoms with Gasteiger partial charge in [-0.3, -0.25) is 0 Å². The SMILES string of the molecule is Nc1ccc2cccc(NC3CCOCC3)c2n1. The molecule has 0 atom stereocenters. The lowest BCUT2D eigenvalue weighted by atomic mass is 10.1. The lowest BCUT2D eigenvalue weighted by molar-refractivity contribution is 0.0905. The van der Waals surface area contributed by atoms with Gasteiger partial charge in [-0.2, -0.15) is 0 Å². The highest BCUT2D eigenvalue weighted by Gasteiger charge is 2.14. The van der Waals surface area contributed by atoms with Gasteiger partial charge < -0.3 is 15.8 Å². The Hall–Kier alpha value is -1.81. The second-order valence-electron chi connectivity index (χ2n) is 4.64. The second kappa shape index (κ2) is 4.82. The van der Waals surface area contributed by atoms with Crippen LogP contribution >= 0.6 is 0 Å². The molecule has 0 amide bonds. The largest absolute Gasteiger partial charge is 0.384 e. The molecule has 1 aliphatic heterocycles. The summed E-state index contributed by atoms with van der Waals surface area (Å²) < 4.78 is 5.37. The van der Waals surface area contributed by atoms with Crippen LogP contribution in [0.5, 0.6) is 0 Å². The molecule has 1 aromatic carbocycles. The van der Waals surface area contributed by atoms with E-state index in [0.717, 1.165) is 42.6 Å². The monoisotopic (exact) mass is 243 g/mol. The molecule has 4 nitrogen and oxygen atoms in total. The van der Waals surface area contributed by atoms with Crippen LogP contribution in [0.2, 0.25) is 0 Å². The lowest BCUT2D eigenvalue weighted by Gasteiger charge is -2.24. The van der Waals surface area contributed by atoms with Gasteiger partial charge in [-0.25, -0.2) is 4.98 Å². The summed E-state index contributed by atoms with van der Waals surface area (Å²) in [6.07, 6.45) is 2.08. The Morgan fingerprint density at radius 2 is 2.00 bits per heavy atom. The van der Waals surface area contributed by atoms with Crippen molar-refractivity contribution in [3.05, 3.63) is 30.3 Å². The molecule has 1 saturated heterocycles. The number of hydrogen-bond donors (Lipinski definition) is 2. The van der Waals surface area contributed by atoms with E-state index in [9.17, 15) is 0 Å². The summed E-state index contributed by atoms with van der Waals surface area (Å²) in [4.78, 5) is 4.43. The number of benzene rings is 1. The van der Waals surface area contributed by atoms with Gasteiger partial charge in [-0.05, 0) is 31.0 Å². The summed E-state index contributed by atoms with van der Waals surface area (Å²) in [5, 5.41) is 4.67. The predicted octanol–water partition coefficient (Wildman–Crippen LogP) is 2.41. The fourth-order valence-electron chi connectivity index (χ4n) is 2.34. The average molecular weight is 243 g/mol. The van der Waals surface area contributed by atoms with Crippen LogP contribution in [0.15, 0.2) is 30.3 Å². The van der Waals surface area contributed by atoms with Crippen molar-refractivity contribution in [3.63, 3.8) is 0 Å².